The fraction of sp³-hybridized carbons (Fsp3) is 0.386. The zero-order valence-electron chi connectivity index (χ0n) is 37.9. The van der Waals surface area contributed by atoms with Crippen LogP contribution in [0.25, 0.3) is 11.4 Å². The number of benzene rings is 4. The van der Waals surface area contributed by atoms with Gasteiger partial charge in [0.1, 0.15) is 27.0 Å². The number of nitrogens with zero attached hydrogens (tertiary/aromatic N) is 5. The van der Waals surface area contributed by atoms with Crippen LogP contribution < -0.4 is 29.6 Å². The van der Waals surface area contributed by atoms with Crippen molar-refractivity contribution < 1.29 is 50.8 Å². The molecule has 3 unspecified atom stereocenters. The number of aromatic nitrogens is 4. The molecule has 5 rings (SSSR count). The minimum atomic E-state index is -5.03. The summed E-state index contributed by atoms with van der Waals surface area (Å²) in [6, 6.07) is 19.1. The average molecular weight is 1060 g/mol. The van der Waals surface area contributed by atoms with Crippen molar-refractivity contribution in [1.82, 2.24) is 39.9 Å². The SMILES string of the molecule is COc1ccc(CN(Cc2ccc(OC)cc2)S(=O)(=O)c2c(S(=O)(=O)NC(C(NC(=O)O)C(NC(=O)O)C(C)(C)C)C(C)(C)C)ccc(I)c2-c2nnn(Cc3ccc(OC)cc3)n2)cc1. The van der Waals surface area contributed by atoms with E-state index in [1.165, 1.54) is 25.1 Å². The topological polar surface area (TPSA) is 253 Å². The zero-order chi connectivity index (χ0) is 48.8. The fourth-order valence-corrected chi connectivity index (χ4v) is 12.0. The summed E-state index contributed by atoms with van der Waals surface area (Å²) in [5, 5.41) is 37.8. The van der Waals surface area contributed by atoms with Gasteiger partial charge in [0.2, 0.25) is 25.9 Å². The molecular formula is C44H55IN8O11S2. The van der Waals surface area contributed by atoms with Gasteiger partial charge in [-0.05, 0) is 104 Å². The maximum Gasteiger partial charge on any atom is 0.405 e. The number of ether oxygens (including phenoxy) is 3. The molecule has 0 aliphatic rings. The summed E-state index contributed by atoms with van der Waals surface area (Å²) in [5.41, 5.74) is -0.424. The highest BCUT2D eigenvalue weighted by molar-refractivity contribution is 14.1. The molecule has 356 valence electrons. The lowest BCUT2D eigenvalue weighted by atomic mass is 9.73. The molecule has 1 aromatic heterocycles. The summed E-state index contributed by atoms with van der Waals surface area (Å²) in [7, 11) is -5.44. The van der Waals surface area contributed by atoms with Crippen molar-refractivity contribution in [1.29, 1.82) is 0 Å². The van der Waals surface area contributed by atoms with E-state index in [9.17, 15) is 19.8 Å². The zero-order valence-corrected chi connectivity index (χ0v) is 41.7. The molecule has 0 aliphatic heterocycles. The van der Waals surface area contributed by atoms with Gasteiger partial charge in [-0.1, -0.05) is 77.9 Å². The molecule has 66 heavy (non-hydrogen) atoms. The van der Waals surface area contributed by atoms with Gasteiger partial charge in [0, 0.05) is 22.7 Å². The lowest BCUT2D eigenvalue weighted by Gasteiger charge is -2.45. The van der Waals surface area contributed by atoms with Gasteiger partial charge in [-0.3, -0.25) is 0 Å². The summed E-state index contributed by atoms with van der Waals surface area (Å²) in [5.74, 6) is 1.49. The Labute approximate surface area is 398 Å². The molecule has 3 atom stereocenters. The predicted octanol–water partition coefficient (Wildman–Crippen LogP) is 6.42. The third-order valence-corrected chi connectivity index (χ3v) is 15.0. The summed E-state index contributed by atoms with van der Waals surface area (Å²) in [4.78, 5) is 24.4. The van der Waals surface area contributed by atoms with Crippen LogP contribution in [0.15, 0.2) is 94.7 Å². The van der Waals surface area contributed by atoms with Crippen LogP contribution in [0.5, 0.6) is 17.2 Å². The Morgan fingerprint density at radius 2 is 1.15 bits per heavy atom. The predicted molar refractivity (Wildman–Crippen MR) is 253 cm³/mol. The molecule has 5 aromatic rings. The Bertz CT molecular complexity index is 2660. The molecule has 4 aromatic carbocycles. The molecule has 0 spiro atoms. The molecule has 2 amide bonds. The van der Waals surface area contributed by atoms with Crippen molar-refractivity contribution in [3.8, 4) is 28.6 Å². The van der Waals surface area contributed by atoms with E-state index < -0.39 is 71.0 Å². The average Bonchev–Trinajstić information content (AvgIpc) is 3.71. The maximum atomic E-state index is 15.8. The van der Waals surface area contributed by atoms with Crippen LogP contribution in [0.2, 0.25) is 0 Å². The van der Waals surface area contributed by atoms with E-state index in [0.29, 0.717) is 28.4 Å². The third-order valence-electron chi connectivity index (χ3n) is 10.6. The number of methoxy groups -OCH3 is 3. The van der Waals surface area contributed by atoms with Gasteiger partial charge in [-0.15, -0.1) is 10.2 Å². The molecule has 0 fully saturated rings. The van der Waals surface area contributed by atoms with Crippen LogP contribution in [0.4, 0.5) is 9.59 Å². The normalized spacial score (nSPS) is 13.7. The van der Waals surface area contributed by atoms with Crippen LogP contribution in [0, 0.1) is 14.4 Å². The number of carboxylic acid groups (broad SMARTS) is 2. The molecule has 0 bridgehead atoms. The van der Waals surface area contributed by atoms with E-state index >= 15 is 16.8 Å². The van der Waals surface area contributed by atoms with Crippen LogP contribution in [0.3, 0.4) is 0 Å². The van der Waals surface area contributed by atoms with E-state index in [1.54, 1.807) is 121 Å². The van der Waals surface area contributed by atoms with Crippen molar-refractivity contribution in [2.75, 3.05) is 21.3 Å². The van der Waals surface area contributed by atoms with E-state index in [2.05, 4.69) is 30.8 Å². The second kappa shape index (κ2) is 20.9. The number of rotatable bonds is 19. The summed E-state index contributed by atoms with van der Waals surface area (Å²) in [6.45, 7) is 9.58. The number of carbonyl (C=O) groups is 2. The quantitative estimate of drug-likeness (QED) is 0.0560. The Hall–Kier alpha value is -5.56. The van der Waals surface area contributed by atoms with Crippen LogP contribution >= 0.6 is 22.6 Å². The van der Waals surface area contributed by atoms with Gasteiger partial charge in [0.25, 0.3) is 0 Å². The lowest BCUT2D eigenvalue weighted by molar-refractivity contribution is 0.120. The van der Waals surface area contributed by atoms with Crippen LogP contribution in [-0.4, -0.2) is 103 Å². The second-order valence-electron chi connectivity index (χ2n) is 17.4. The standard InChI is InChI=1S/C44H55IN8O11S2/c1-43(2,3)38(47-42(56)57)36(46-41(54)55)39(44(4,5)6)50-65(58,59)34-23-22-33(45)35(40-48-51-53(49-40)26-29-14-20-32(64-9)21-15-29)37(34)66(60,61)52(24-27-10-16-30(62-7)17-11-27)25-28-12-18-31(63-8)19-13-28/h10-23,36,38-39,46-47,50H,24-26H2,1-9H3,(H,54,55)(H,56,57). The number of halogens is 1. The monoisotopic (exact) mass is 1060 g/mol. The van der Waals surface area contributed by atoms with Crippen molar-refractivity contribution in [2.24, 2.45) is 10.8 Å². The van der Waals surface area contributed by atoms with Gasteiger partial charge in [-0.25, -0.2) is 31.1 Å². The summed E-state index contributed by atoms with van der Waals surface area (Å²) >= 11 is 1.90. The highest BCUT2D eigenvalue weighted by atomic mass is 127. The highest BCUT2D eigenvalue weighted by Gasteiger charge is 2.46. The van der Waals surface area contributed by atoms with E-state index in [1.807, 2.05) is 22.6 Å². The lowest BCUT2D eigenvalue weighted by Crippen LogP contribution is -2.67. The van der Waals surface area contributed by atoms with Crippen molar-refractivity contribution in [3.63, 3.8) is 0 Å². The third kappa shape index (κ3) is 12.7. The van der Waals surface area contributed by atoms with E-state index in [4.69, 9.17) is 14.2 Å². The fourth-order valence-electron chi connectivity index (χ4n) is 7.24. The molecule has 1 heterocycles. The molecule has 0 saturated heterocycles. The Morgan fingerprint density at radius 3 is 1.58 bits per heavy atom. The Morgan fingerprint density at radius 1 is 0.697 bits per heavy atom. The molecular weight excluding hydrogens is 1010 g/mol. The molecule has 22 heteroatoms. The highest BCUT2D eigenvalue weighted by Crippen LogP contribution is 2.39. The molecule has 5 N–H and O–H groups in total. The maximum absolute atomic E-state index is 15.8. The first-order valence-electron chi connectivity index (χ1n) is 20.4. The van der Waals surface area contributed by atoms with Gasteiger partial charge in [0.15, 0.2) is 0 Å². The number of sulfonamides is 2. The van der Waals surface area contributed by atoms with Gasteiger partial charge in [0.05, 0.1) is 45.5 Å². The largest absolute Gasteiger partial charge is 0.497 e. The smallest absolute Gasteiger partial charge is 0.405 e. The molecule has 19 nitrogen and oxygen atoms in total. The Kier molecular flexibility index (Phi) is 16.3. The first-order chi connectivity index (χ1) is 30.9. The van der Waals surface area contributed by atoms with Crippen molar-refractivity contribution in [3.05, 3.63) is 105 Å². The van der Waals surface area contributed by atoms with E-state index in [-0.39, 0.29) is 34.6 Å². The minimum Gasteiger partial charge on any atom is -0.497 e. The van der Waals surface area contributed by atoms with Gasteiger partial charge >= 0.3 is 12.2 Å². The number of amides is 2. The first kappa shape index (κ1) is 51.4. The number of tetrazole rings is 1. The summed E-state index contributed by atoms with van der Waals surface area (Å²) in [6.07, 6.45) is -3.02. The van der Waals surface area contributed by atoms with Crippen molar-refractivity contribution >= 4 is 54.8 Å². The Balaban J connectivity index is 1.78. The van der Waals surface area contributed by atoms with Gasteiger partial charge < -0.3 is 35.1 Å². The second-order valence-corrected chi connectivity index (χ2v) is 22.2. The molecule has 0 saturated carbocycles. The van der Waals surface area contributed by atoms with Crippen LogP contribution in [-0.2, 0) is 39.7 Å². The minimum absolute atomic E-state index is 0.112. The van der Waals surface area contributed by atoms with Gasteiger partial charge in [-0.2, -0.15) is 9.10 Å². The first-order valence-corrected chi connectivity index (χ1v) is 24.4. The number of hydrogen-bond acceptors (Lipinski definition) is 12. The number of hydrogen-bond donors (Lipinski definition) is 5. The molecule has 0 aliphatic carbocycles. The molecule has 0 radical (unpaired) electrons. The van der Waals surface area contributed by atoms with Crippen LogP contribution in [0.1, 0.15) is 58.2 Å². The van der Waals surface area contributed by atoms with Crippen molar-refractivity contribution in [2.45, 2.75) is 89.1 Å². The number of nitrogens with one attached hydrogen (secondary N) is 3. The van der Waals surface area contributed by atoms with E-state index in [0.717, 1.165) is 15.9 Å². The summed E-state index contributed by atoms with van der Waals surface area (Å²) < 4.78 is 82.2.